The minimum atomic E-state index is -0.451. The SMILES string of the molecule is CCN(CC)CCNC(=O)CCCN1C(=O)COc2ccc(C(=O)COc3cccc(F)c3)cc21. The predicted octanol–water partition coefficient (Wildman–Crippen LogP) is 3.05. The van der Waals surface area contributed by atoms with Crippen LogP contribution in [0, 0.1) is 5.82 Å². The second-order valence-corrected chi connectivity index (χ2v) is 8.17. The monoisotopic (exact) mass is 485 g/mol. The highest BCUT2D eigenvalue weighted by Gasteiger charge is 2.26. The third-order valence-electron chi connectivity index (χ3n) is 5.82. The van der Waals surface area contributed by atoms with Crippen molar-refractivity contribution in [1.29, 1.82) is 0 Å². The van der Waals surface area contributed by atoms with Crippen molar-refractivity contribution >= 4 is 23.3 Å². The number of nitrogens with one attached hydrogen (secondary N) is 1. The van der Waals surface area contributed by atoms with Crippen LogP contribution < -0.4 is 19.7 Å². The fourth-order valence-corrected chi connectivity index (χ4v) is 3.79. The lowest BCUT2D eigenvalue weighted by Gasteiger charge is -2.29. The van der Waals surface area contributed by atoms with E-state index in [0.29, 0.717) is 36.5 Å². The Morgan fingerprint density at radius 1 is 1.17 bits per heavy atom. The number of ketones is 1. The first kappa shape index (κ1) is 26.2. The first-order chi connectivity index (χ1) is 16.9. The first-order valence-electron chi connectivity index (χ1n) is 11.9. The van der Waals surface area contributed by atoms with Gasteiger partial charge in [-0.25, -0.2) is 4.39 Å². The number of nitrogens with zero attached hydrogens (tertiary/aromatic N) is 2. The number of halogens is 1. The van der Waals surface area contributed by atoms with Crippen LogP contribution in [0.4, 0.5) is 10.1 Å². The quantitative estimate of drug-likeness (QED) is 0.439. The summed E-state index contributed by atoms with van der Waals surface area (Å²) in [5.74, 6) is -0.311. The van der Waals surface area contributed by atoms with Crippen LogP contribution in [-0.2, 0) is 9.59 Å². The van der Waals surface area contributed by atoms with Gasteiger partial charge in [-0.15, -0.1) is 0 Å². The van der Waals surface area contributed by atoms with E-state index in [4.69, 9.17) is 9.47 Å². The molecule has 188 valence electrons. The minimum absolute atomic E-state index is 0.0588. The molecule has 0 saturated carbocycles. The van der Waals surface area contributed by atoms with Crippen molar-refractivity contribution < 1.29 is 28.2 Å². The topological polar surface area (TPSA) is 88.2 Å². The lowest BCUT2D eigenvalue weighted by atomic mass is 10.1. The molecule has 3 rings (SSSR count). The zero-order chi connectivity index (χ0) is 25.2. The summed E-state index contributed by atoms with van der Waals surface area (Å²) in [6.07, 6.45) is 0.765. The number of amides is 2. The van der Waals surface area contributed by atoms with Gasteiger partial charge in [0.05, 0.1) is 5.69 Å². The van der Waals surface area contributed by atoms with Gasteiger partial charge in [0.2, 0.25) is 5.91 Å². The van der Waals surface area contributed by atoms with Crippen LogP contribution in [0.2, 0.25) is 0 Å². The van der Waals surface area contributed by atoms with Crippen LogP contribution in [0.25, 0.3) is 0 Å². The molecule has 2 aromatic carbocycles. The van der Waals surface area contributed by atoms with Crippen LogP contribution in [0.1, 0.15) is 37.0 Å². The summed E-state index contributed by atoms with van der Waals surface area (Å²) in [5, 5.41) is 2.91. The number of ether oxygens (including phenoxy) is 2. The predicted molar refractivity (Wildman–Crippen MR) is 131 cm³/mol. The average molecular weight is 486 g/mol. The molecule has 0 fully saturated rings. The molecule has 2 aromatic rings. The number of benzene rings is 2. The van der Waals surface area contributed by atoms with Gasteiger partial charge in [-0.05, 0) is 49.8 Å². The summed E-state index contributed by atoms with van der Waals surface area (Å²) in [6, 6.07) is 10.4. The molecular formula is C26H32FN3O5. The summed E-state index contributed by atoms with van der Waals surface area (Å²) in [6.45, 7) is 7.38. The number of rotatable bonds is 13. The maximum atomic E-state index is 13.3. The van der Waals surface area contributed by atoms with Gasteiger partial charge in [0.15, 0.2) is 19.0 Å². The maximum Gasteiger partial charge on any atom is 0.265 e. The zero-order valence-electron chi connectivity index (χ0n) is 20.2. The summed E-state index contributed by atoms with van der Waals surface area (Å²) in [4.78, 5) is 41.1. The molecule has 0 spiro atoms. The van der Waals surface area contributed by atoms with Crippen LogP contribution in [-0.4, -0.2) is 68.4 Å². The highest BCUT2D eigenvalue weighted by Crippen LogP contribution is 2.33. The number of hydrogen-bond acceptors (Lipinski definition) is 6. The molecule has 0 atom stereocenters. The second-order valence-electron chi connectivity index (χ2n) is 8.17. The van der Waals surface area contributed by atoms with E-state index in [1.165, 1.54) is 18.2 Å². The molecule has 2 amide bonds. The van der Waals surface area contributed by atoms with Crippen LogP contribution in [0.15, 0.2) is 42.5 Å². The Morgan fingerprint density at radius 2 is 1.97 bits per heavy atom. The summed E-state index contributed by atoms with van der Waals surface area (Å²) >= 11 is 0. The zero-order valence-corrected chi connectivity index (χ0v) is 20.2. The smallest absolute Gasteiger partial charge is 0.265 e. The number of anilines is 1. The van der Waals surface area contributed by atoms with Crippen molar-refractivity contribution in [2.45, 2.75) is 26.7 Å². The molecule has 1 aliphatic rings. The lowest BCUT2D eigenvalue weighted by molar-refractivity contribution is -0.122. The summed E-state index contributed by atoms with van der Waals surface area (Å²) < 4.78 is 24.2. The largest absolute Gasteiger partial charge is 0.485 e. The molecule has 1 N–H and O–H groups in total. The third kappa shape index (κ3) is 7.51. The Hall–Kier alpha value is -3.46. The van der Waals surface area contributed by atoms with Crippen molar-refractivity contribution in [3.05, 3.63) is 53.8 Å². The van der Waals surface area contributed by atoms with E-state index in [0.717, 1.165) is 19.6 Å². The van der Waals surface area contributed by atoms with E-state index in [1.807, 2.05) is 0 Å². The van der Waals surface area contributed by atoms with Crippen molar-refractivity contribution in [3.8, 4) is 11.5 Å². The van der Waals surface area contributed by atoms with Gasteiger partial charge in [-0.2, -0.15) is 0 Å². The molecular weight excluding hydrogens is 453 g/mol. The molecule has 0 aliphatic carbocycles. The Labute approximate surface area is 205 Å². The summed E-state index contributed by atoms with van der Waals surface area (Å²) in [7, 11) is 0. The Balaban J connectivity index is 1.56. The van der Waals surface area contributed by atoms with Gasteiger partial charge in [-0.1, -0.05) is 19.9 Å². The Bertz CT molecular complexity index is 1040. The highest BCUT2D eigenvalue weighted by molar-refractivity contribution is 6.02. The Morgan fingerprint density at radius 3 is 2.71 bits per heavy atom. The van der Waals surface area contributed by atoms with Crippen molar-refractivity contribution in [2.75, 3.05) is 50.8 Å². The second kappa shape index (κ2) is 12.9. The third-order valence-corrected chi connectivity index (χ3v) is 5.82. The van der Waals surface area contributed by atoms with Gasteiger partial charge in [0, 0.05) is 37.7 Å². The fraction of sp³-hybridized carbons (Fsp3) is 0.423. The molecule has 8 nitrogen and oxygen atoms in total. The summed E-state index contributed by atoms with van der Waals surface area (Å²) in [5.41, 5.74) is 0.831. The maximum absolute atomic E-state index is 13.3. The molecule has 0 aromatic heterocycles. The number of carbonyl (C=O) groups is 3. The van der Waals surface area contributed by atoms with E-state index >= 15 is 0 Å². The number of Topliss-reactive ketones (excluding diaryl/α,β-unsaturated/α-hetero) is 1. The standard InChI is InChI=1S/C26H32FN3O5/c1-3-29(4-2)14-12-28-25(32)9-6-13-30-22-15-19(10-11-24(22)35-18-26(30)33)23(31)17-34-21-8-5-7-20(27)16-21/h5,7-8,10-11,15-16H,3-4,6,9,12-14,17-18H2,1-2H3,(H,28,32). The van der Waals surface area contributed by atoms with Crippen molar-refractivity contribution in [1.82, 2.24) is 10.2 Å². The van der Waals surface area contributed by atoms with Gasteiger partial charge in [0.25, 0.3) is 5.91 Å². The molecule has 0 unspecified atom stereocenters. The number of fused-ring (bicyclic) bond motifs is 1. The number of carbonyl (C=O) groups excluding carboxylic acids is 3. The molecule has 1 aliphatic heterocycles. The molecule has 0 radical (unpaired) electrons. The Kier molecular flexibility index (Phi) is 9.60. The molecule has 9 heteroatoms. The van der Waals surface area contributed by atoms with Gasteiger partial charge >= 0.3 is 0 Å². The van der Waals surface area contributed by atoms with Crippen LogP contribution in [0.5, 0.6) is 11.5 Å². The molecule has 1 heterocycles. The van der Waals surface area contributed by atoms with E-state index in [-0.39, 0.29) is 43.0 Å². The number of likely N-dealkylation sites (N-methyl/N-ethyl adjacent to an activating group) is 1. The average Bonchev–Trinajstić information content (AvgIpc) is 2.86. The van der Waals surface area contributed by atoms with Crippen molar-refractivity contribution in [3.63, 3.8) is 0 Å². The first-order valence-corrected chi connectivity index (χ1v) is 11.9. The van der Waals surface area contributed by atoms with E-state index in [2.05, 4.69) is 24.1 Å². The van der Waals surface area contributed by atoms with Crippen LogP contribution in [0.3, 0.4) is 0 Å². The highest BCUT2D eigenvalue weighted by atomic mass is 19.1. The lowest BCUT2D eigenvalue weighted by Crippen LogP contribution is -2.40. The fourth-order valence-electron chi connectivity index (χ4n) is 3.79. The number of hydrogen-bond donors (Lipinski definition) is 1. The minimum Gasteiger partial charge on any atom is -0.485 e. The van der Waals surface area contributed by atoms with Crippen molar-refractivity contribution in [2.24, 2.45) is 0 Å². The molecule has 35 heavy (non-hydrogen) atoms. The van der Waals surface area contributed by atoms with Gasteiger partial charge in [0.1, 0.15) is 17.3 Å². The van der Waals surface area contributed by atoms with Gasteiger partial charge < -0.3 is 24.6 Å². The van der Waals surface area contributed by atoms with Crippen LogP contribution >= 0.6 is 0 Å². The van der Waals surface area contributed by atoms with E-state index < -0.39 is 5.82 Å². The normalized spacial score (nSPS) is 12.8. The van der Waals surface area contributed by atoms with E-state index in [1.54, 1.807) is 29.2 Å². The van der Waals surface area contributed by atoms with Gasteiger partial charge in [-0.3, -0.25) is 14.4 Å². The van der Waals surface area contributed by atoms with E-state index in [9.17, 15) is 18.8 Å². The molecule has 0 bridgehead atoms. The molecule has 0 saturated heterocycles.